The van der Waals surface area contributed by atoms with Crippen LogP contribution in [0.15, 0.2) is 227 Å². The standard InChI is InChI=1S/C68H36N6O2/c69-37-51-65(71-53-25-9-1-17-39(53)40-18-2-10-26-54(40)71)52(38-70)67(74-58-30-14-6-22-44(58)48-36-64-50(34-60(48)74)46-24-8-16-32-62(46)76-64)68(72-55-27-11-3-19-41(55)42-20-4-12-28-56(42)72)66(51)73-57-29-13-5-21-43(57)47-35-63-49(33-59(47)73)45-23-7-15-31-61(45)75-63/h1-36H. The second kappa shape index (κ2) is 14.9. The molecule has 0 saturated heterocycles. The Hall–Kier alpha value is -10.8. The van der Waals surface area contributed by atoms with E-state index in [1.165, 1.54) is 0 Å². The minimum Gasteiger partial charge on any atom is -0.456 e. The summed E-state index contributed by atoms with van der Waals surface area (Å²) in [6.07, 6.45) is 0. The maximum atomic E-state index is 12.6. The van der Waals surface area contributed by atoms with Crippen molar-refractivity contribution in [2.24, 2.45) is 0 Å². The summed E-state index contributed by atoms with van der Waals surface area (Å²) >= 11 is 0. The molecule has 0 aliphatic carbocycles. The average molecular weight is 969 g/mol. The molecule has 0 radical (unpaired) electrons. The van der Waals surface area contributed by atoms with Crippen LogP contribution in [0.2, 0.25) is 0 Å². The second-order valence-electron chi connectivity index (χ2n) is 19.7. The molecule has 8 heteroatoms. The zero-order chi connectivity index (χ0) is 49.9. The molecule has 0 unspecified atom stereocenters. The van der Waals surface area contributed by atoms with E-state index in [1.54, 1.807) is 0 Å². The van der Waals surface area contributed by atoms with E-state index in [0.29, 0.717) is 33.9 Å². The molecule has 0 bridgehead atoms. The van der Waals surface area contributed by atoms with Gasteiger partial charge >= 0.3 is 0 Å². The zero-order valence-corrected chi connectivity index (χ0v) is 40.3. The average Bonchev–Trinajstić information content (AvgIpc) is 4.45. The predicted molar refractivity (Wildman–Crippen MR) is 308 cm³/mol. The first-order valence-corrected chi connectivity index (χ1v) is 25.4. The van der Waals surface area contributed by atoms with Crippen molar-refractivity contribution in [3.05, 3.63) is 230 Å². The first-order chi connectivity index (χ1) is 37.7. The van der Waals surface area contributed by atoms with Gasteiger partial charge in [0.05, 0.1) is 66.9 Å². The largest absolute Gasteiger partial charge is 0.456 e. The number of nitriles is 2. The molecule has 17 aromatic rings. The molecule has 8 nitrogen and oxygen atoms in total. The summed E-state index contributed by atoms with van der Waals surface area (Å²) in [6, 6.07) is 81.3. The summed E-state index contributed by atoms with van der Waals surface area (Å²) in [5.74, 6) is 0. The highest BCUT2D eigenvalue weighted by Crippen LogP contribution is 2.50. The van der Waals surface area contributed by atoms with Gasteiger partial charge in [0.1, 0.15) is 45.6 Å². The molecule has 6 heterocycles. The Morgan fingerprint density at radius 3 is 0.855 bits per heavy atom. The Bertz CT molecular complexity index is 5190. The van der Waals surface area contributed by atoms with Crippen LogP contribution >= 0.6 is 0 Å². The fraction of sp³-hybridized carbons (Fsp3) is 0. The Labute approximate surface area is 431 Å². The van der Waals surface area contributed by atoms with E-state index in [1.807, 2.05) is 48.5 Å². The molecule has 6 aromatic heterocycles. The van der Waals surface area contributed by atoms with E-state index < -0.39 is 0 Å². The summed E-state index contributed by atoms with van der Waals surface area (Å²) in [5, 5.41) is 37.1. The topological polar surface area (TPSA) is 93.6 Å². The molecule has 0 fully saturated rings. The van der Waals surface area contributed by atoms with Crippen LogP contribution in [-0.4, -0.2) is 18.3 Å². The molecule has 0 amide bonds. The smallest absolute Gasteiger partial charge is 0.136 e. The number of para-hydroxylation sites is 8. The summed E-state index contributed by atoms with van der Waals surface area (Å²) in [7, 11) is 0. The van der Waals surface area contributed by atoms with Crippen molar-refractivity contribution in [2.75, 3.05) is 0 Å². The van der Waals surface area contributed by atoms with E-state index in [2.05, 4.69) is 200 Å². The molecule has 0 aliphatic rings. The normalized spacial score (nSPS) is 12.2. The van der Waals surface area contributed by atoms with Gasteiger partial charge in [0, 0.05) is 64.6 Å². The lowest BCUT2D eigenvalue weighted by Crippen LogP contribution is -2.16. The van der Waals surface area contributed by atoms with E-state index in [-0.39, 0.29) is 0 Å². The third-order valence-corrected chi connectivity index (χ3v) is 16.0. The Morgan fingerprint density at radius 2 is 0.513 bits per heavy atom. The molecule has 0 spiro atoms. The number of aromatic nitrogens is 4. The van der Waals surface area contributed by atoms with Crippen LogP contribution in [0, 0.1) is 22.7 Å². The highest BCUT2D eigenvalue weighted by atomic mass is 16.3. The molecule has 0 saturated carbocycles. The van der Waals surface area contributed by atoms with Crippen molar-refractivity contribution in [3.8, 4) is 34.9 Å². The lowest BCUT2D eigenvalue weighted by Gasteiger charge is -2.27. The fourth-order valence-corrected chi connectivity index (χ4v) is 13.0. The van der Waals surface area contributed by atoms with Gasteiger partial charge in [0.15, 0.2) is 0 Å². The van der Waals surface area contributed by atoms with Crippen molar-refractivity contribution in [3.63, 3.8) is 0 Å². The van der Waals surface area contributed by atoms with Crippen LogP contribution in [0.1, 0.15) is 11.1 Å². The van der Waals surface area contributed by atoms with E-state index in [4.69, 9.17) is 8.83 Å². The van der Waals surface area contributed by atoms with Gasteiger partial charge in [-0.15, -0.1) is 0 Å². The van der Waals surface area contributed by atoms with Crippen LogP contribution < -0.4 is 0 Å². The first kappa shape index (κ1) is 40.8. The number of nitrogens with zero attached hydrogens (tertiary/aromatic N) is 6. The number of benzene rings is 11. The highest BCUT2D eigenvalue weighted by Gasteiger charge is 2.35. The lowest BCUT2D eigenvalue weighted by molar-refractivity contribution is 0.669. The first-order valence-electron chi connectivity index (χ1n) is 25.4. The van der Waals surface area contributed by atoms with E-state index in [0.717, 1.165) is 131 Å². The number of rotatable bonds is 4. The van der Waals surface area contributed by atoms with Crippen molar-refractivity contribution in [1.29, 1.82) is 10.5 Å². The third kappa shape index (κ3) is 5.18. The van der Waals surface area contributed by atoms with Gasteiger partial charge in [-0.2, -0.15) is 10.5 Å². The van der Waals surface area contributed by atoms with Gasteiger partial charge in [-0.05, 0) is 72.8 Å². The number of fused-ring (bicyclic) bond motifs is 18. The summed E-state index contributed by atoms with van der Waals surface area (Å²) in [4.78, 5) is 0. The maximum Gasteiger partial charge on any atom is 0.136 e. The minimum atomic E-state index is 0.340. The number of hydrogen-bond donors (Lipinski definition) is 0. The molecular formula is C68H36N6O2. The Balaban J connectivity index is 1.20. The molecule has 76 heavy (non-hydrogen) atoms. The van der Waals surface area contributed by atoms with Gasteiger partial charge in [-0.1, -0.05) is 146 Å². The van der Waals surface area contributed by atoms with Crippen LogP contribution in [-0.2, 0) is 0 Å². The van der Waals surface area contributed by atoms with E-state index >= 15 is 0 Å². The molecular weight excluding hydrogens is 933 g/mol. The van der Waals surface area contributed by atoms with Gasteiger partial charge in [0.2, 0.25) is 0 Å². The summed E-state index contributed by atoms with van der Waals surface area (Å²) in [5.41, 5.74) is 13.4. The zero-order valence-electron chi connectivity index (χ0n) is 40.3. The molecule has 350 valence electrons. The summed E-state index contributed by atoms with van der Waals surface area (Å²) in [6.45, 7) is 0. The number of furan rings is 2. The molecule has 11 aromatic carbocycles. The van der Waals surface area contributed by atoms with Crippen LogP contribution in [0.25, 0.3) is 154 Å². The molecule has 0 atom stereocenters. The van der Waals surface area contributed by atoms with Crippen LogP contribution in [0.4, 0.5) is 0 Å². The Morgan fingerprint density at radius 1 is 0.237 bits per heavy atom. The lowest BCUT2D eigenvalue weighted by atomic mass is 9.98. The summed E-state index contributed by atoms with van der Waals surface area (Å²) < 4.78 is 22.3. The van der Waals surface area contributed by atoms with Crippen molar-refractivity contribution >= 4 is 131 Å². The van der Waals surface area contributed by atoms with E-state index in [9.17, 15) is 10.5 Å². The van der Waals surface area contributed by atoms with Crippen molar-refractivity contribution in [1.82, 2.24) is 18.3 Å². The molecule has 0 N–H and O–H groups in total. The molecule has 0 aliphatic heterocycles. The predicted octanol–water partition coefficient (Wildman–Crippen LogP) is 17.6. The monoisotopic (exact) mass is 968 g/mol. The Kier molecular flexibility index (Phi) is 7.99. The van der Waals surface area contributed by atoms with Crippen molar-refractivity contribution < 1.29 is 8.83 Å². The fourth-order valence-electron chi connectivity index (χ4n) is 13.0. The van der Waals surface area contributed by atoms with Crippen molar-refractivity contribution in [2.45, 2.75) is 0 Å². The quantitative estimate of drug-likeness (QED) is 0.176. The van der Waals surface area contributed by atoms with Crippen LogP contribution in [0.3, 0.4) is 0 Å². The second-order valence-corrected chi connectivity index (χ2v) is 19.7. The van der Waals surface area contributed by atoms with Crippen LogP contribution in [0.5, 0.6) is 0 Å². The maximum absolute atomic E-state index is 12.6. The van der Waals surface area contributed by atoms with Gasteiger partial charge < -0.3 is 27.1 Å². The SMILES string of the molecule is N#Cc1c(-n2c3ccccc3c3ccccc32)c(C#N)c(-n2c3ccccc3c3cc4oc5ccccc5c4cc32)c(-n2c3ccccc3c3ccccc32)c1-n1c2ccccc2c2cc3oc4ccccc4c3cc21. The molecule has 17 rings (SSSR count). The van der Waals surface area contributed by atoms with Gasteiger partial charge in [-0.3, -0.25) is 0 Å². The third-order valence-electron chi connectivity index (χ3n) is 16.0. The van der Waals surface area contributed by atoms with Gasteiger partial charge in [0.25, 0.3) is 0 Å². The minimum absolute atomic E-state index is 0.340. The highest BCUT2D eigenvalue weighted by molar-refractivity contribution is 6.21. The number of hydrogen-bond acceptors (Lipinski definition) is 4. The van der Waals surface area contributed by atoms with Gasteiger partial charge in [-0.25, -0.2) is 0 Å².